The first-order chi connectivity index (χ1) is 21.3. The van der Waals surface area contributed by atoms with Gasteiger partial charge >= 0.3 is 5.97 Å². The number of aromatic carboxylic acids is 1. The third-order valence-corrected chi connectivity index (χ3v) is 10.1. The number of thiophene rings is 1. The lowest BCUT2D eigenvalue weighted by molar-refractivity contribution is -0.0592. The second kappa shape index (κ2) is 12.0. The number of carboxylic acids is 1. The van der Waals surface area contributed by atoms with Crippen molar-refractivity contribution in [2.75, 3.05) is 37.7 Å². The first kappa shape index (κ1) is 29.0. The number of Topliss-reactive ketones (excluding diaryl/α,β-unsaturated/α-hetero) is 1. The predicted octanol–water partition coefficient (Wildman–Crippen LogP) is 4.89. The summed E-state index contributed by atoms with van der Waals surface area (Å²) >= 11 is 7.67. The molecule has 1 N–H and O–H groups in total. The topological polar surface area (TPSA) is 119 Å². The number of benzene rings is 1. The van der Waals surface area contributed by atoms with E-state index >= 15 is 0 Å². The Hall–Kier alpha value is -3.71. The number of carboxylic acid groups (broad SMARTS) is 1. The lowest BCUT2D eigenvalue weighted by atomic mass is 10.1. The van der Waals surface area contributed by atoms with Crippen LogP contribution < -0.4 is 14.4 Å². The number of imidazole rings is 1. The number of halogens is 1. The highest BCUT2D eigenvalue weighted by Crippen LogP contribution is 2.36. The van der Waals surface area contributed by atoms with Crippen molar-refractivity contribution in [2.24, 2.45) is 0 Å². The fourth-order valence-electron chi connectivity index (χ4n) is 5.99. The van der Waals surface area contributed by atoms with Crippen LogP contribution in [-0.2, 0) is 24.4 Å². The van der Waals surface area contributed by atoms with E-state index in [1.165, 1.54) is 18.3 Å². The van der Waals surface area contributed by atoms with Crippen molar-refractivity contribution in [3.63, 3.8) is 0 Å². The first-order valence-corrected chi connectivity index (χ1v) is 15.9. The minimum absolute atomic E-state index is 0.0226. The molecule has 230 valence electrons. The highest BCUT2D eigenvalue weighted by Gasteiger charge is 2.33. The Labute approximate surface area is 262 Å². The number of fused-ring (bicyclic) bond motifs is 4. The molecule has 11 nitrogen and oxygen atoms in total. The maximum absolute atomic E-state index is 11.7. The molecule has 13 heteroatoms. The Morgan fingerprint density at radius 3 is 2.75 bits per heavy atom. The molecule has 0 radical (unpaired) electrons. The van der Waals surface area contributed by atoms with Crippen molar-refractivity contribution in [2.45, 2.75) is 51.6 Å². The van der Waals surface area contributed by atoms with Crippen LogP contribution >= 0.6 is 22.9 Å². The molecule has 0 bridgehead atoms. The van der Waals surface area contributed by atoms with Crippen molar-refractivity contribution >= 4 is 51.5 Å². The van der Waals surface area contributed by atoms with Gasteiger partial charge in [0.15, 0.2) is 17.4 Å². The van der Waals surface area contributed by atoms with Gasteiger partial charge in [0.2, 0.25) is 5.88 Å². The number of hydrogen-bond acceptors (Lipinski definition) is 10. The zero-order valence-corrected chi connectivity index (χ0v) is 25.8. The molecule has 0 amide bonds. The Morgan fingerprint density at radius 2 is 2.00 bits per heavy atom. The Kier molecular flexibility index (Phi) is 7.91. The summed E-state index contributed by atoms with van der Waals surface area (Å²) in [5.41, 5.74) is 1.86. The molecule has 44 heavy (non-hydrogen) atoms. The normalized spacial score (nSPS) is 19.9. The second-order valence-electron chi connectivity index (χ2n) is 11.3. The first-order valence-electron chi connectivity index (χ1n) is 14.7. The molecule has 2 fully saturated rings. The summed E-state index contributed by atoms with van der Waals surface area (Å²) < 4.78 is 20.0. The molecule has 7 rings (SSSR count). The van der Waals surface area contributed by atoms with Gasteiger partial charge in [0.1, 0.15) is 12.4 Å². The molecule has 1 unspecified atom stereocenters. The molecule has 4 aromatic rings. The van der Waals surface area contributed by atoms with Gasteiger partial charge in [-0.1, -0.05) is 11.6 Å². The summed E-state index contributed by atoms with van der Waals surface area (Å²) in [6.45, 7) is 6.73. The van der Waals surface area contributed by atoms with Crippen molar-refractivity contribution in [3.05, 3.63) is 62.6 Å². The fraction of sp³-hybridized carbons (Fsp3) is 0.419. The zero-order chi connectivity index (χ0) is 30.4. The van der Waals surface area contributed by atoms with Crippen molar-refractivity contribution in [1.29, 1.82) is 0 Å². The number of ether oxygens (including phenoxy) is 3. The fourth-order valence-corrected chi connectivity index (χ4v) is 7.20. The number of carbonyl (C=O) groups excluding carboxylic acids is 1. The molecule has 0 saturated carbocycles. The van der Waals surface area contributed by atoms with E-state index < -0.39 is 5.97 Å². The third kappa shape index (κ3) is 5.74. The van der Waals surface area contributed by atoms with Gasteiger partial charge in [0, 0.05) is 44.8 Å². The highest BCUT2D eigenvalue weighted by molar-refractivity contribution is 7.14. The van der Waals surface area contributed by atoms with Crippen molar-refractivity contribution < 1.29 is 28.9 Å². The van der Waals surface area contributed by atoms with Gasteiger partial charge in [0.25, 0.3) is 0 Å². The largest absolute Gasteiger partial charge is 0.490 e. The molecule has 3 aliphatic heterocycles. The molecule has 3 aromatic heterocycles. The van der Waals surface area contributed by atoms with Crippen molar-refractivity contribution in [1.82, 2.24) is 19.4 Å². The van der Waals surface area contributed by atoms with Crippen LogP contribution in [-0.4, -0.2) is 81.3 Å². The average molecular weight is 638 g/mol. The van der Waals surface area contributed by atoms with Crippen molar-refractivity contribution in [3.8, 4) is 11.6 Å². The van der Waals surface area contributed by atoms with E-state index in [0.29, 0.717) is 35.5 Å². The molecule has 3 aliphatic rings. The molecular formula is C31H32ClN5O6S. The van der Waals surface area contributed by atoms with E-state index in [-0.39, 0.29) is 30.1 Å². The Balaban J connectivity index is 1.08. The van der Waals surface area contributed by atoms with Crippen LogP contribution in [0.15, 0.2) is 36.4 Å². The predicted molar refractivity (Wildman–Crippen MR) is 165 cm³/mol. The van der Waals surface area contributed by atoms with Crippen LogP contribution in [0.25, 0.3) is 11.0 Å². The number of nitrogens with zero attached hydrogens (tertiary/aromatic N) is 5. The van der Waals surface area contributed by atoms with Crippen LogP contribution in [0.4, 0.5) is 5.82 Å². The molecule has 0 aliphatic carbocycles. The number of pyridine rings is 1. The maximum atomic E-state index is 11.7. The quantitative estimate of drug-likeness (QED) is 0.254. The van der Waals surface area contributed by atoms with E-state index in [1.807, 2.05) is 6.07 Å². The van der Waals surface area contributed by atoms with Gasteiger partial charge in [-0.05, 0) is 43.7 Å². The molecule has 0 spiro atoms. The number of aromatic nitrogens is 3. The summed E-state index contributed by atoms with van der Waals surface area (Å²) in [7, 11) is 0. The molecule has 6 heterocycles. The van der Waals surface area contributed by atoms with Crippen LogP contribution in [0.1, 0.15) is 50.5 Å². The number of carbonyl (C=O) groups is 2. The van der Waals surface area contributed by atoms with Gasteiger partial charge in [-0.3, -0.25) is 9.69 Å². The molecular weight excluding hydrogens is 606 g/mol. The highest BCUT2D eigenvalue weighted by atomic mass is 35.5. The minimum atomic E-state index is -0.951. The van der Waals surface area contributed by atoms with E-state index in [4.69, 9.17) is 35.8 Å². The van der Waals surface area contributed by atoms with Crippen LogP contribution in [0.5, 0.6) is 11.6 Å². The summed E-state index contributed by atoms with van der Waals surface area (Å²) in [5.74, 6) is 1.90. The average Bonchev–Trinajstić information content (AvgIpc) is 3.46. The van der Waals surface area contributed by atoms with Gasteiger partial charge in [-0.25, -0.2) is 9.78 Å². The van der Waals surface area contributed by atoms with Crippen LogP contribution in [0.2, 0.25) is 5.02 Å². The summed E-state index contributed by atoms with van der Waals surface area (Å²) in [4.78, 5) is 39.3. The van der Waals surface area contributed by atoms with Gasteiger partial charge in [0.05, 0.1) is 57.2 Å². The molecule has 1 aromatic carbocycles. The van der Waals surface area contributed by atoms with Crippen LogP contribution in [0.3, 0.4) is 0 Å². The summed E-state index contributed by atoms with van der Waals surface area (Å²) in [6.07, 6.45) is 1.94. The van der Waals surface area contributed by atoms with E-state index in [2.05, 4.69) is 14.4 Å². The third-order valence-electron chi connectivity index (χ3n) is 8.44. The lowest BCUT2D eigenvalue weighted by Crippen LogP contribution is -2.53. The minimum Gasteiger partial charge on any atom is -0.490 e. The summed E-state index contributed by atoms with van der Waals surface area (Å²) in [6, 6.07) is 10.7. The second-order valence-corrected chi connectivity index (χ2v) is 12.9. The van der Waals surface area contributed by atoms with Crippen LogP contribution in [0, 0.1) is 0 Å². The van der Waals surface area contributed by atoms with Gasteiger partial charge < -0.3 is 28.8 Å². The number of piperazine rings is 1. The molecule has 2 atom stereocenters. The maximum Gasteiger partial charge on any atom is 0.335 e. The lowest BCUT2D eigenvalue weighted by Gasteiger charge is -2.41. The smallest absolute Gasteiger partial charge is 0.335 e. The van der Waals surface area contributed by atoms with E-state index in [9.17, 15) is 14.7 Å². The number of anilines is 1. The summed E-state index contributed by atoms with van der Waals surface area (Å²) in [5, 5.41) is 10.1. The monoisotopic (exact) mass is 637 g/mol. The number of rotatable bonds is 9. The Bertz CT molecular complexity index is 1740. The number of hydrogen-bond donors (Lipinski definition) is 1. The number of ketones is 1. The Morgan fingerprint density at radius 1 is 1.14 bits per heavy atom. The van der Waals surface area contributed by atoms with E-state index in [0.717, 1.165) is 72.4 Å². The van der Waals surface area contributed by atoms with Gasteiger partial charge in [-0.15, -0.1) is 11.3 Å². The molecule has 2 saturated heterocycles. The van der Waals surface area contributed by atoms with Gasteiger partial charge in [-0.2, -0.15) is 4.98 Å². The zero-order valence-electron chi connectivity index (χ0n) is 24.2. The SMILES string of the molecule is CC(=O)c1cc(Cl)c(COc2ccc3c(n2)N2CCN(Cc4nc5ccc(C(=O)O)cc5n4C[C@@H]4CCO4)CC2CCO3)s1. The van der Waals surface area contributed by atoms with E-state index in [1.54, 1.807) is 30.3 Å². The standard InChI is InChI=1S/C31H32ClN5O6S/c1-18(38)26-13-22(32)27(44-26)17-43-29-5-4-25-30(34-29)36-9-8-35(14-20(36)6-10-42-25)16-28-33-23-3-2-19(31(39)40)12-24(23)37(28)15-21-7-11-41-21/h2-5,12-13,20-21H,6-11,14-17H2,1H3,(H,39,40)/t20?,21-/m0/s1.